The fraction of sp³-hybridized carbons (Fsp3) is 0.538. The van der Waals surface area contributed by atoms with Crippen LogP contribution in [-0.2, 0) is 10.0 Å². The highest BCUT2D eigenvalue weighted by Gasteiger charge is 2.19. The number of benzene rings is 1. The maximum Gasteiger partial charge on any atom is 0.234 e. The molecule has 0 unspecified atom stereocenters. The van der Waals surface area contributed by atoms with E-state index in [-0.39, 0.29) is 5.75 Å². The van der Waals surface area contributed by atoms with Crippen molar-refractivity contribution in [2.75, 3.05) is 23.0 Å². The summed E-state index contributed by atoms with van der Waals surface area (Å²) >= 11 is 5.56. The largest absolute Gasteiger partial charge is 0.273 e. The van der Waals surface area contributed by atoms with Crippen LogP contribution in [0.1, 0.15) is 24.0 Å². The maximum absolute atomic E-state index is 12.1. The summed E-state index contributed by atoms with van der Waals surface area (Å²) in [7, 11) is -1.64. The molecule has 0 aliphatic rings. The number of hydrogen-bond acceptors (Lipinski definition) is 2. The van der Waals surface area contributed by atoms with Crippen molar-refractivity contribution in [2.24, 2.45) is 0 Å². The fourth-order valence-electron chi connectivity index (χ4n) is 1.82. The van der Waals surface area contributed by atoms with Gasteiger partial charge in [0.05, 0.1) is 11.4 Å². The van der Waals surface area contributed by atoms with Gasteiger partial charge in [0, 0.05) is 12.9 Å². The van der Waals surface area contributed by atoms with Gasteiger partial charge in [0.25, 0.3) is 0 Å². The predicted octanol–water partition coefficient (Wildman–Crippen LogP) is 3.09. The summed E-state index contributed by atoms with van der Waals surface area (Å²) in [6, 6.07) is 5.76. The zero-order valence-corrected chi connectivity index (χ0v) is 12.7. The number of unbranched alkanes of at least 4 members (excludes halogenated alkanes) is 1. The van der Waals surface area contributed by atoms with Gasteiger partial charge in [0.2, 0.25) is 10.0 Å². The van der Waals surface area contributed by atoms with Crippen LogP contribution in [0.15, 0.2) is 18.2 Å². The lowest BCUT2D eigenvalue weighted by Crippen LogP contribution is -2.29. The molecule has 3 nitrogen and oxygen atoms in total. The Balaban J connectivity index is 2.88. The maximum atomic E-state index is 12.1. The molecule has 0 bridgehead atoms. The van der Waals surface area contributed by atoms with E-state index in [1.807, 2.05) is 32.0 Å². The second-order valence-electron chi connectivity index (χ2n) is 4.47. The smallest absolute Gasteiger partial charge is 0.234 e. The summed E-state index contributed by atoms with van der Waals surface area (Å²) in [5.41, 5.74) is 2.84. The van der Waals surface area contributed by atoms with Crippen molar-refractivity contribution in [3.05, 3.63) is 29.3 Å². The summed E-state index contributed by atoms with van der Waals surface area (Å²) in [5, 5.41) is 0. The molecule has 0 aliphatic carbocycles. The molecule has 102 valence electrons. The molecule has 1 rings (SSSR count). The molecule has 0 amide bonds. The van der Waals surface area contributed by atoms with Gasteiger partial charge in [-0.15, -0.1) is 11.6 Å². The average Bonchev–Trinajstić information content (AvgIpc) is 2.28. The van der Waals surface area contributed by atoms with E-state index in [4.69, 9.17) is 11.6 Å². The van der Waals surface area contributed by atoms with Crippen molar-refractivity contribution in [2.45, 2.75) is 26.7 Å². The van der Waals surface area contributed by atoms with E-state index >= 15 is 0 Å². The SMILES string of the molecule is Cc1ccc(N(C)S(=O)(=O)CCCCCl)c(C)c1. The first kappa shape index (κ1) is 15.3. The number of hydrogen-bond donors (Lipinski definition) is 0. The van der Waals surface area contributed by atoms with Gasteiger partial charge in [-0.3, -0.25) is 4.31 Å². The van der Waals surface area contributed by atoms with Gasteiger partial charge in [0.15, 0.2) is 0 Å². The second kappa shape index (κ2) is 6.43. The van der Waals surface area contributed by atoms with Crippen LogP contribution < -0.4 is 4.31 Å². The van der Waals surface area contributed by atoms with Crippen molar-refractivity contribution in [3.63, 3.8) is 0 Å². The Morgan fingerprint density at radius 1 is 1.22 bits per heavy atom. The first-order chi connectivity index (χ1) is 8.38. The van der Waals surface area contributed by atoms with Crippen molar-refractivity contribution in [1.29, 1.82) is 0 Å². The standard InChI is InChI=1S/C13H20ClNO2S/c1-11-6-7-13(12(2)10-11)15(3)18(16,17)9-5-4-8-14/h6-7,10H,4-5,8-9H2,1-3H3. The molecule has 0 aliphatic heterocycles. The molecule has 18 heavy (non-hydrogen) atoms. The average molecular weight is 290 g/mol. The summed E-state index contributed by atoms with van der Waals surface area (Å²) in [4.78, 5) is 0. The molecule has 5 heteroatoms. The van der Waals surface area contributed by atoms with E-state index in [0.29, 0.717) is 12.3 Å². The Morgan fingerprint density at radius 2 is 1.89 bits per heavy atom. The predicted molar refractivity (Wildman–Crippen MR) is 78.1 cm³/mol. The summed E-state index contributed by atoms with van der Waals surface area (Å²) in [5.74, 6) is 0.645. The molecule has 0 heterocycles. The molecular weight excluding hydrogens is 270 g/mol. The molecule has 0 N–H and O–H groups in total. The second-order valence-corrected chi connectivity index (χ2v) is 6.97. The quantitative estimate of drug-likeness (QED) is 0.596. The number of rotatable bonds is 6. The molecule has 0 saturated heterocycles. The van der Waals surface area contributed by atoms with Gasteiger partial charge in [-0.1, -0.05) is 17.7 Å². The molecule has 1 aromatic carbocycles. The van der Waals surface area contributed by atoms with Crippen LogP contribution in [-0.4, -0.2) is 27.1 Å². The van der Waals surface area contributed by atoms with E-state index in [1.165, 1.54) is 4.31 Å². The normalized spacial score (nSPS) is 11.6. The van der Waals surface area contributed by atoms with E-state index in [9.17, 15) is 8.42 Å². The number of aryl methyl sites for hydroxylation is 2. The van der Waals surface area contributed by atoms with Crippen LogP contribution in [0, 0.1) is 13.8 Å². The lowest BCUT2D eigenvalue weighted by Gasteiger charge is -2.21. The monoisotopic (exact) mass is 289 g/mol. The van der Waals surface area contributed by atoms with E-state index in [2.05, 4.69) is 0 Å². The van der Waals surface area contributed by atoms with Crippen LogP contribution in [0.2, 0.25) is 0 Å². The van der Waals surface area contributed by atoms with Crippen LogP contribution in [0.4, 0.5) is 5.69 Å². The first-order valence-corrected chi connectivity index (χ1v) is 8.12. The molecule has 1 aromatic rings. The Bertz CT molecular complexity index is 500. The van der Waals surface area contributed by atoms with E-state index in [0.717, 1.165) is 23.2 Å². The minimum Gasteiger partial charge on any atom is -0.273 e. The van der Waals surface area contributed by atoms with Crippen molar-refractivity contribution in [1.82, 2.24) is 0 Å². The first-order valence-electron chi connectivity index (χ1n) is 5.98. The molecule has 0 fully saturated rings. The Labute approximate surface area is 115 Å². The molecule has 0 saturated carbocycles. The van der Waals surface area contributed by atoms with Crippen LogP contribution in [0.3, 0.4) is 0 Å². The van der Waals surface area contributed by atoms with E-state index in [1.54, 1.807) is 7.05 Å². The van der Waals surface area contributed by atoms with Gasteiger partial charge in [-0.2, -0.15) is 0 Å². The minimum atomic E-state index is -3.25. The third-order valence-electron chi connectivity index (χ3n) is 2.89. The number of sulfonamides is 1. The van der Waals surface area contributed by atoms with E-state index < -0.39 is 10.0 Å². The van der Waals surface area contributed by atoms with Crippen molar-refractivity contribution >= 4 is 27.3 Å². The lowest BCUT2D eigenvalue weighted by molar-refractivity contribution is 0.591. The van der Waals surface area contributed by atoms with Gasteiger partial charge in [-0.25, -0.2) is 8.42 Å². The zero-order valence-electron chi connectivity index (χ0n) is 11.1. The summed E-state index contributed by atoms with van der Waals surface area (Å²) < 4.78 is 25.6. The van der Waals surface area contributed by atoms with Gasteiger partial charge in [0.1, 0.15) is 0 Å². The molecule has 0 atom stereocenters. The van der Waals surface area contributed by atoms with Crippen LogP contribution in [0.25, 0.3) is 0 Å². The molecule has 0 spiro atoms. The third kappa shape index (κ3) is 3.89. The molecule has 0 aromatic heterocycles. The van der Waals surface area contributed by atoms with Crippen LogP contribution in [0.5, 0.6) is 0 Å². The fourth-order valence-corrected chi connectivity index (χ4v) is 3.36. The Morgan fingerprint density at radius 3 is 2.44 bits per heavy atom. The van der Waals surface area contributed by atoms with Crippen molar-refractivity contribution in [3.8, 4) is 0 Å². The highest BCUT2D eigenvalue weighted by atomic mass is 35.5. The lowest BCUT2D eigenvalue weighted by atomic mass is 10.1. The number of anilines is 1. The number of halogens is 1. The Hall–Kier alpha value is -0.740. The summed E-state index contributed by atoms with van der Waals surface area (Å²) in [6.07, 6.45) is 1.32. The van der Waals surface area contributed by atoms with Crippen LogP contribution >= 0.6 is 11.6 Å². The number of nitrogens with zero attached hydrogens (tertiary/aromatic N) is 1. The van der Waals surface area contributed by atoms with Gasteiger partial charge in [-0.05, 0) is 38.3 Å². The zero-order chi connectivity index (χ0) is 13.8. The van der Waals surface area contributed by atoms with Gasteiger partial charge < -0.3 is 0 Å². The Kier molecular flexibility index (Phi) is 5.47. The topological polar surface area (TPSA) is 37.4 Å². The van der Waals surface area contributed by atoms with Gasteiger partial charge >= 0.3 is 0 Å². The minimum absolute atomic E-state index is 0.142. The highest BCUT2D eigenvalue weighted by Crippen LogP contribution is 2.22. The number of alkyl halides is 1. The van der Waals surface area contributed by atoms with Crippen molar-refractivity contribution < 1.29 is 8.42 Å². The molecular formula is C13H20ClNO2S. The highest BCUT2D eigenvalue weighted by molar-refractivity contribution is 7.92. The third-order valence-corrected chi connectivity index (χ3v) is 5.00. The molecule has 0 radical (unpaired) electrons. The summed E-state index contributed by atoms with van der Waals surface area (Å²) in [6.45, 7) is 3.92.